The summed E-state index contributed by atoms with van der Waals surface area (Å²) in [5, 5.41) is 0. The SMILES string of the molecule is COc1ccc(S(=O)(=O)NC2CCCCCCC2)c(N)c1. The number of sulfonamides is 1. The minimum absolute atomic E-state index is 0.0109. The van der Waals surface area contributed by atoms with Crippen molar-refractivity contribution >= 4 is 15.7 Å². The Bertz CT molecular complexity index is 564. The van der Waals surface area contributed by atoms with Crippen LogP contribution in [0.2, 0.25) is 0 Å². The molecule has 0 saturated heterocycles. The molecular weight excluding hydrogens is 288 g/mol. The lowest BCUT2D eigenvalue weighted by atomic mass is 9.97. The number of hydrogen-bond acceptors (Lipinski definition) is 4. The Hall–Kier alpha value is -1.27. The lowest BCUT2D eigenvalue weighted by Gasteiger charge is -2.21. The minimum atomic E-state index is -3.57. The number of hydrogen-bond donors (Lipinski definition) is 2. The first-order valence-corrected chi connectivity index (χ1v) is 8.97. The van der Waals surface area contributed by atoms with Crippen molar-refractivity contribution in [2.75, 3.05) is 12.8 Å². The predicted octanol–water partition coefficient (Wildman–Crippen LogP) is 2.67. The van der Waals surface area contributed by atoms with Crippen LogP contribution in [0.4, 0.5) is 5.69 Å². The van der Waals surface area contributed by atoms with Crippen molar-refractivity contribution in [1.29, 1.82) is 0 Å². The molecule has 1 aromatic rings. The van der Waals surface area contributed by atoms with Crippen LogP contribution in [-0.4, -0.2) is 21.6 Å². The topological polar surface area (TPSA) is 81.4 Å². The molecule has 1 aliphatic rings. The van der Waals surface area contributed by atoms with E-state index in [9.17, 15) is 8.42 Å². The lowest BCUT2D eigenvalue weighted by molar-refractivity contribution is 0.414. The summed E-state index contributed by atoms with van der Waals surface area (Å²) in [6.45, 7) is 0. The average molecular weight is 312 g/mol. The number of nitrogen functional groups attached to an aromatic ring is 1. The molecule has 0 bridgehead atoms. The van der Waals surface area contributed by atoms with Gasteiger partial charge in [-0.15, -0.1) is 0 Å². The molecule has 1 aromatic carbocycles. The molecule has 0 unspecified atom stereocenters. The largest absolute Gasteiger partial charge is 0.497 e. The third-order valence-electron chi connectivity index (χ3n) is 3.93. The van der Waals surface area contributed by atoms with Crippen molar-refractivity contribution < 1.29 is 13.2 Å². The third-order valence-corrected chi connectivity index (χ3v) is 5.53. The second-order valence-corrected chi connectivity index (χ2v) is 7.25. The summed E-state index contributed by atoms with van der Waals surface area (Å²) in [4.78, 5) is 0.130. The van der Waals surface area contributed by atoms with Gasteiger partial charge in [0.1, 0.15) is 10.6 Å². The van der Waals surface area contributed by atoms with Gasteiger partial charge in [0, 0.05) is 12.1 Å². The molecule has 2 rings (SSSR count). The van der Waals surface area contributed by atoms with E-state index >= 15 is 0 Å². The first-order valence-electron chi connectivity index (χ1n) is 7.49. The van der Waals surface area contributed by atoms with Crippen LogP contribution in [0.1, 0.15) is 44.9 Å². The van der Waals surface area contributed by atoms with Crippen LogP contribution in [0.25, 0.3) is 0 Å². The first kappa shape index (κ1) is 16.1. The average Bonchev–Trinajstić information content (AvgIpc) is 2.41. The molecule has 21 heavy (non-hydrogen) atoms. The van der Waals surface area contributed by atoms with Gasteiger partial charge in [-0.25, -0.2) is 13.1 Å². The number of benzene rings is 1. The van der Waals surface area contributed by atoms with Crippen molar-refractivity contribution in [3.05, 3.63) is 18.2 Å². The van der Waals surface area contributed by atoms with Gasteiger partial charge in [0.2, 0.25) is 10.0 Å². The van der Waals surface area contributed by atoms with E-state index in [0.717, 1.165) is 25.7 Å². The summed E-state index contributed by atoms with van der Waals surface area (Å²) in [5.41, 5.74) is 6.06. The second kappa shape index (κ2) is 7.13. The second-order valence-electron chi connectivity index (χ2n) is 5.57. The number of nitrogens with one attached hydrogen (secondary N) is 1. The molecule has 0 heterocycles. The summed E-state index contributed by atoms with van der Waals surface area (Å²) in [6.07, 6.45) is 7.57. The van der Waals surface area contributed by atoms with Crippen LogP contribution in [0.15, 0.2) is 23.1 Å². The van der Waals surface area contributed by atoms with Gasteiger partial charge in [0.15, 0.2) is 0 Å². The Morgan fingerprint density at radius 1 is 1.14 bits per heavy atom. The molecule has 5 nitrogen and oxygen atoms in total. The van der Waals surface area contributed by atoms with E-state index in [-0.39, 0.29) is 16.6 Å². The quantitative estimate of drug-likeness (QED) is 0.838. The van der Waals surface area contributed by atoms with Gasteiger partial charge in [-0.1, -0.05) is 32.1 Å². The van der Waals surface area contributed by atoms with E-state index in [4.69, 9.17) is 10.5 Å². The normalized spacial score (nSPS) is 18.0. The summed E-state index contributed by atoms with van der Waals surface area (Å²) in [7, 11) is -2.05. The van der Waals surface area contributed by atoms with Gasteiger partial charge in [-0.05, 0) is 25.0 Å². The number of nitrogens with two attached hydrogens (primary N) is 1. The summed E-state index contributed by atoms with van der Waals surface area (Å²) in [6, 6.07) is 4.66. The summed E-state index contributed by atoms with van der Waals surface area (Å²) < 4.78 is 32.8. The van der Waals surface area contributed by atoms with E-state index in [1.165, 1.54) is 38.5 Å². The van der Waals surface area contributed by atoms with Gasteiger partial charge < -0.3 is 10.5 Å². The maximum atomic E-state index is 12.5. The number of anilines is 1. The number of ether oxygens (including phenoxy) is 1. The van der Waals surface area contributed by atoms with Crippen LogP contribution < -0.4 is 15.2 Å². The fourth-order valence-electron chi connectivity index (χ4n) is 2.76. The number of rotatable bonds is 4. The van der Waals surface area contributed by atoms with Crippen LogP contribution in [0.5, 0.6) is 5.75 Å². The van der Waals surface area contributed by atoms with Crippen LogP contribution in [-0.2, 0) is 10.0 Å². The minimum Gasteiger partial charge on any atom is -0.497 e. The highest BCUT2D eigenvalue weighted by Gasteiger charge is 2.22. The van der Waals surface area contributed by atoms with Crippen molar-refractivity contribution in [2.45, 2.75) is 55.9 Å². The molecule has 1 fully saturated rings. The maximum Gasteiger partial charge on any atom is 0.242 e. The van der Waals surface area contributed by atoms with Gasteiger partial charge in [-0.3, -0.25) is 0 Å². The van der Waals surface area contributed by atoms with Crippen LogP contribution in [0, 0.1) is 0 Å². The van der Waals surface area contributed by atoms with Crippen molar-refractivity contribution in [3.8, 4) is 5.75 Å². The zero-order valence-corrected chi connectivity index (χ0v) is 13.3. The van der Waals surface area contributed by atoms with Gasteiger partial charge >= 0.3 is 0 Å². The smallest absolute Gasteiger partial charge is 0.242 e. The van der Waals surface area contributed by atoms with E-state index in [1.807, 2.05) is 0 Å². The third kappa shape index (κ3) is 4.35. The molecule has 0 atom stereocenters. The first-order chi connectivity index (χ1) is 10.0. The van der Waals surface area contributed by atoms with E-state index < -0.39 is 10.0 Å². The molecule has 1 saturated carbocycles. The molecule has 0 spiro atoms. The summed E-state index contributed by atoms with van der Waals surface area (Å²) >= 11 is 0. The maximum absolute atomic E-state index is 12.5. The van der Waals surface area contributed by atoms with E-state index in [1.54, 1.807) is 6.07 Å². The van der Waals surface area contributed by atoms with Crippen LogP contribution in [0.3, 0.4) is 0 Å². The van der Waals surface area contributed by atoms with Crippen molar-refractivity contribution in [2.24, 2.45) is 0 Å². The molecule has 0 aromatic heterocycles. The molecule has 0 amide bonds. The molecule has 118 valence electrons. The molecule has 0 aliphatic heterocycles. The Kier molecular flexibility index (Phi) is 5.47. The number of methoxy groups -OCH3 is 1. The Morgan fingerprint density at radius 3 is 2.33 bits per heavy atom. The summed E-state index contributed by atoms with van der Waals surface area (Å²) in [5.74, 6) is 0.553. The van der Waals surface area contributed by atoms with E-state index in [0.29, 0.717) is 5.75 Å². The zero-order valence-electron chi connectivity index (χ0n) is 12.5. The molecule has 6 heteroatoms. The molecular formula is C15H24N2O3S. The standard InChI is InChI=1S/C15H24N2O3S/c1-20-13-9-10-15(14(16)11-13)21(18,19)17-12-7-5-3-2-4-6-8-12/h9-12,17H,2-8,16H2,1H3. The van der Waals surface area contributed by atoms with Crippen molar-refractivity contribution in [3.63, 3.8) is 0 Å². The van der Waals surface area contributed by atoms with E-state index in [2.05, 4.69) is 4.72 Å². The Labute approximate surface area is 126 Å². The fraction of sp³-hybridized carbons (Fsp3) is 0.600. The molecule has 1 aliphatic carbocycles. The van der Waals surface area contributed by atoms with Gasteiger partial charge in [0.05, 0.1) is 12.8 Å². The fourth-order valence-corrected chi connectivity index (χ4v) is 4.17. The van der Waals surface area contributed by atoms with Crippen molar-refractivity contribution in [1.82, 2.24) is 4.72 Å². The highest BCUT2D eigenvalue weighted by Crippen LogP contribution is 2.25. The Balaban J connectivity index is 2.13. The van der Waals surface area contributed by atoms with Crippen LogP contribution >= 0.6 is 0 Å². The predicted molar refractivity (Wildman–Crippen MR) is 83.8 cm³/mol. The highest BCUT2D eigenvalue weighted by molar-refractivity contribution is 7.89. The molecule has 3 N–H and O–H groups in total. The van der Waals surface area contributed by atoms with Gasteiger partial charge in [-0.2, -0.15) is 0 Å². The zero-order chi connectivity index (χ0) is 15.3. The Morgan fingerprint density at radius 2 is 1.76 bits per heavy atom. The monoisotopic (exact) mass is 312 g/mol. The molecule has 0 radical (unpaired) electrons. The lowest BCUT2D eigenvalue weighted by Crippen LogP contribution is -2.35. The van der Waals surface area contributed by atoms with Gasteiger partial charge in [0.25, 0.3) is 0 Å². The highest BCUT2D eigenvalue weighted by atomic mass is 32.2.